The van der Waals surface area contributed by atoms with Crippen molar-refractivity contribution in [2.24, 2.45) is 5.92 Å². The standard InChI is InChI=1S/C34H51N3O5/c1-21(2)11-12-25(7)37(30(31(39)35-22(3)4)27-18-23(5)17-24(6)19-27)32(40)29(36-33(41)42-34(8,9)10)20-26-13-15-28(38)16-14-26/h13-19,21-22,25,29-30,38H,11-12,20H2,1-10H3,(H,35,39)(H,36,41). The number of nitrogens with one attached hydrogen (secondary N) is 2. The van der Waals surface area contributed by atoms with Gasteiger partial charge in [0.25, 0.3) is 0 Å². The Bertz CT molecular complexity index is 1180. The number of amides is 3. The molecule has 0 aliphatic heterocycles. The van der Waals surface area contributed by atoms with Gasteiger partial charge in [-0.2, -0.15) is 0 Å². The Morgan fingerprint density at radius 3 is 1.95 bits per heavy atom. The first-order valence-electron chi connectivity index (χ1n) is 14.9. The quantitative estimate of drug-likeness (QED) is 0.270. The summed E-state index contributed by atoms with van der Waals surface area (Å²) in [5.74, 6) is -0.152. The molecule has 0 aliphatic carbocycles. The van der Waals surface area contributed by atoms with Crippen LogP contribution in [0.5, 0.6) is 5.75 Å². The van der Waals surface area contributed by atoms with Gasteiger partial charge in [0, 0.05) is 18.5 Å². The highest BCUT2D eigenvalue weighted by molar-refractivity contribution is 5.92. The zero-order valence-electron chi connectivity index (χ0n) is 27.1. The summed E-state index contributed by atoms with van der Waals surface area (Å²) in [5, 5.41) is 15.6. The summed E-state index contributed by atoms with van der Waals surface area (Å²) >= 11 is 0. The van der Waals surface area contributed by atoms with Crippen molar-refractivity contribution >= 4 is 17.9 Å². The van der Waals surface area contributed by atoms with Crippen molar-refractivity contribution in [2.45, 2.75) is 118 Å². The first-order valence-corrected chi connectivity index (χ1v) is 14.9. The van der Waals surface area contributed by atoms with Crippen LogP contribution in [0.15, 0.2) is 42.5 Å². The van der Waals surface area contributed by atoms with Crippen molar-refractivity contribution in [3.8, 4) is 5.75 Å². The minimum absolute atomic E-state index is 0.103. The number of carbonyl (C=O) groups is 3. The number of phenols is 1. The number of benzene rings is 2. The number of nitrogens with zero attached hydrogens (tertiary/aromatic N) is 1. The average molecular weight is 582 g/mol. The van der Waals surface area contributed by atoms with E-state index in [9.17, 15) is 19.5 Å². The lowest BCUT2D eigenvalue weighted by molar-refractivity contribution is -0.145. The normalized spacial score (nSPS) is 13.8. The summed E-state index contributed by atoms with van der Waals surface area (Å²) in [6, 6.07) is 10.1. The summed E-state index contributed by atoms with van der Waals surface area (Å²) < 4.78 is 5.53. The van der Waals surface area contributed by atoms with Crippen LogP contribution in [0.3, 0.4) is 0 Å². The van der Waals surface area contributed by atoms with Crippen molar-refractivity contribution in [3.63, 3.8) is 0 Å². The van der Waals surface area contributed by atoms with Crippen molar-refractivity contribution in [1.29, 1.82) is 0 Å². The van der Waals surface area contributed by atoms with Crippen LogP contribution in [0.4, 0.5) is 4.79 Å². The largest absolute Gasteiger partial charge is 0.508 e. The highest BCUT2D eigenvalue weighted by atomic mass is 16.6. The lowest BCUT2D eigenvalue weighted by atomic mass is 9.94. The molecule has 0 heterocycles. The predicted octanol–water partition coefficient (Wildman–Crippen LogP) is 6.36. The maximum Gasteiger partial charge on any atom is 0.408 e. The average Bonchev–Trinajstić information content (AvgIpc) is 2.84. The highest BCUT2D eigenvalue weighted by Crippen LogP contribution is 2.29. The molecular weight excluding hydrogens is 530 g/mol. The minimum atomic E-state index is -1.02. The van der Waals surface area contributed by atoms with E-state index in [1.165, 1.54) is 0 Å². The molecule has 0 saturated carbocycles. The van der Waals surface area contributed by atoms with Crippen LogP contribution in [0.25, 0.3) is 0 Å². The highest BCUT2D eigenvalue weighted by Gasteiger charge is 2.39. The van der Waals surface area contributed by atoms with Gasteiger partial charge in [0.15, 0.2) is 0 Å². The molecule has 232 valence electrons. The molecule has 0 fully saturated rings. The number of hydrogen-bond donors (Lipinski definition) is 3. The van der Waals surface area contributed by atoms with E-state index in [0.29, 0.717) is 12.3 Å². The second-order valence-corrected chi connectivity index (χ2v) is 13.1. The molecule has 8 nitrogen and oxygen atoms in total. The number of alkyl carbamates (subject to hydrolysis) is 1. The molecular formula is C34H51N3O5. The van der Waals surface area contributed by atoms with E-state index >= 15 is 0 Å². The lowest BCUT2D eigenvalue weighted by Crippen LogP contribution is -2.56. The Morgan fingerprint density at radius 2 is 1.45 bits per heavy atom. The molecule has 0 aliphatic rings. The Balaban J connectivity index is 2.69. The third kappa shape index (κ3) is 11.0. The van der Waals surface area contributed by atoms with E-state index in [1.54, 1.807) is 49.9 Å². The zero-order chi connectivity index (χ0) is 31.8. The fraction of sp³-hybridized carbons (Fsp3) is 0.559. The number of hydrogen-bond acceptors (Lipinski definition) is 5. The Kier molecular flexibility index (Phi) is 12.4. The van der Waals surface area contributed by atoms with Gasteiger partial charge >= 0.3 is 6.09 Å². The maximum absolute atomic E-state index is 14.7. The molecule has 0 spiro atoms. The third-order valence-corrected chi connectivity index (χ3v) is 6.77. The zero-order valence-corrected chi connectivity index (χ0v) is 27.1. The van der Waals surface area contributed by atoms with Gasteiger partial charge in [-0.05, 0) is 97.4 Å². The van der Waals surface area contributed by atoms with Gasteiger partial charge in [-0.25, -0.2) is 4.79 Å². The molecule has 3 amide bonds. The number of phenolic OH excluding ortho intramolecular Hbond substituents is 1. The Morgan fingerprint density at radius 1 is 0.881 bits per heavy atom. The summed E-state index contributed by atoms with van der Waals surface area (Å²) in [5.41, 5.74) is 2.67. The molecule has 42 heavy (non-hydrogen) atoms. The van der Waals surface area contributed by atoms with E-state index in [1.807, 2.05) is 52.8 Å². The Hall–Kier alpha value is -3.55. The second kappa shape index (κ2) is 15.1. The first kappa shape index (κ1) is 34.7. The van der Waals surface area contributed by atoms with Crippen molar-refractivity contribution in [2.75, 3.05) is 0 Å². The van der Waals surface area contributed by atoms with Gasteiger partial charge in [-0.15, -0.1) is 0 Å². The molecule has 0 radical (unpaired) electrons. The van der Waals surface area contributed by atoms with Crippen LogP contribution in [0.1, 0.15) is 96.5 Å². The second-order valence-electron chi connectivity index (χ2n) is 13.1. The minimum Gasteiger partial charge on any atom is -0.508 e. The summed E-state index contributed by atoms with van der Waals surface area (Å²) in [7, 11) is 0. The van der Waals surface area contributed by atoms with Crippen LogP contribution >= 0.6 is 0 Å². The van der Waals surface area contributed by atoms with Crippen molar-refractivity contribution in [1.82, 2.24) is 15.5 Å². The monoisotopic (exact) mass is 581 g/mol. The molecule has 0 bridgehead atoms. The van der Waals surface area contributed by atoms with Crippen LogP contribution in [-0.2, 0) is 20.7 Å². The fourth-order valence-electron chi connectivity index (χ4n) is 4.98. The molecule has 0 saturated heterocycles. The lowest BCUT2D eigenvalue weighted by Gasteiger charge is -2.39. The molecule has 2 aromatic carbocycles. The van der Waals surface area contributed by atoms with Gasteiger partial charge in [-0.1, -0.05) is 55.3 Å². The number of rotatable bonds is 12. The van der Waals surface area contributed by atoms with E-state index in [2.05, 4.69) is 24.5 Å². The predicted molar refractivity (Wildman–Crippen MR) is 167 cm³/mol. The molecule has 8 heteroatoms. The number of ether oxygens (including phenoxy) is 1. The molecule has 3 atom stereocenters. The maximum atomic E-state index is 14.7. The number of aromatic hydroxyl groups is 1. The van der Waals surface area contributed by atoms with E-state index in [4.69, 9.17) is 4.74 Å². The van der Waals surface area contributed by atoms with Gasteiger partial charge < -0.3 is 25.4 Å². The molecule has 2 rings (SSSR count). The molecule has 3 N–H and O–H groups in total. The van der Waals surface area contributed by atoms with Gasteiger partial charge in [0.1, 0.15) is 23.4 Å². The van der Waals surface area contributed by atoms with Crippen molar-refractivity contribution < 1.29 is 24.2 Å². The van der Waals surface area contributed by atoms with Crippen LogP contribution in [0, 0.1) is 19.8 Å². The van der Waals surface area contributed by atoms with Crippen molar-refractivity contribution in [3.05, 3.63) is 64.7 Å². The molecule has 2 aromatic rings. The van der Waals surface area contributed by atoms with Crippen LogP contribution in [-0.4, -0.2) is 51.6 Å². The van der Waals surface area contributed by atoms with Gasteiger partial charge in [-0.3, -0.25) is 9.59 Å². The number of carbonyl (C=O) groups excluding carboxylic acids is 3. The van der Waals surface area contributed by atoms with E-state index in [0.717, 1.165) is 28.7 Å². The summed E-state index contributed by atoms with van der Waals surface area (Å²) in [4.78, 5) is 43.3. The summed E-state index contributed by atoms with van der Waals surface area (Å²) in [6.45, 7) is 19.2. The van der Waals surface area contributed by atoms with E-state index < -0.39 is 23.8 Å². The number of aryl methyl sites for hydroxylation is 2. The van der Waals surface area contributed by atoms with Gasteiger partial charge in [0.05, 0.1) is 0 Å². The van der Waals surface area contributed by atoms with Crippen LogP contribution in [0.2, 0.25) is 0 Å². The molecule has 3 unspecified atom stereocenters. The fourth-order valence-corrected chi connectivity index (χ4v) is 4.98. The first-order chi connectivity index (χ1) is 19.5. The third-order valence-electron chi connectivity index (χ3n) is 6.77. The topological polar surface area (TPSA) is 108 Å². The van der Waals surface area contributed by atoms with Gasteiger partial charge in [0.2, 0.25) is 11.8 Å². The summed E-state index contributed by atoms with van der Waals surface area (Å²) in [6.07, 6.45) is 0.970. The molecule has 0 aromatic heterocycles. The van der Waals surface area contributed by atoms with E-state index in [-0.39, 0.29) is 36.1 Å². The Labute approximate surface area is 252 Å². The SMILES string of the molecule is Cc1cc(C)cc(C(C(=O)NC(C)C)N(C(=O)C(Cc2ccc(O)cc2)NC(=O)OC(C)(C)C)C(C)CCC(C)C)c1. The smallest absolute Gasteiger partial charge is 0.408 e. The van der Waals surface area contributed by atoms with Crippen LogP contribution < -0.4 is 10.6 Å².